The number of aromatic nitrogens is 2. The Morgan fingerprint density at radius 2 is 1.58 bits per heavy atom. The SMILES string of the molecule is COC(=O)[C@@H]1CCCN1c1nc2ccccc2n(C2CCN(C3(C(=O)OC)CCCCCCC3)CC2)c1=O. The Balaban J connectivity index is 1.46. The lowest BCUT2D eigenvalue weighted by atomic mass is 9.81. The predicted octanol–water partition coefficient (Wildman–Crippen LogP) is 3.83. The molecule has 0 unspecified atom stereocenters. The fourth-order valence-electron chi connectivity index (χ4n) is 6.97. The normalized spacial score (nSPS) is 23.1. The van der Waals surface area contributed by atoms with Gasteiger partial charge in [-0.05, 0) is 50.7 Å². The minimum atomic E-state index is -0.570. The first kappa shape index (κ1) is 26.7. The maximum absolute atomic E-state index is 14.0. The number of benzene rings is 1. The molecule has 1 aromatic carbocycles. The minimum absolute atomic E-state index is 0.0205. The van der Waals surface area contributed by atoms with Crippen molar-refractivity contribution in [3.63, 3.8) is 0 Å². The lowest BCUT2D eigenvalue weighted by molar-refractivity contribution is -0.158. The lowest BCUT2D eigenvalue weighted by Gasteiger charge is -2.46. The van der Waals surface area contributed by atoms with E-state index in [0.29, 0.717) is 18.8 Å². The van der Waals surface area contributed by atoms with E-state index in [0.717, 1.165) is 81.9 Å². The summed E-state index contributed by atoms with van der Waals surface area (Å²) in [4.78, 5) is 48.6. The van der Waals surface area contributed by atoms with Crippen LogP contribution < -0.4 is 10.5 Å². The third-order valence-corrected chi connectivity index (χ3v) is 8.96. The molecule has 0 radical (unpaired) electrons. The van der Waals surface area contributed by atoms with Gasteiger partial charge >= 0.3 is 11.9 Å². The third-order valence-electron chi connectivity index (χ3n) is 8.96. The molecule has 3 fully saturated rings. The second kappa shape index (κ2) is 11.4. The average molecular weight is 525 g/mol. The number of fused-ring (bicyclic) bond motifs is 1. The van der Waals surface area contributed by atoms with Crippen LogP contribution in [0.3, 0.4) is 0 Å². The number of rotatable bonds is 5. The van der Waals surface area contributed by atoms with Gasteiger partial charge in [0.15, 0.2) is 5.82 Å². The molecule has 2 saturated heterocycles. The van der Waals surface area contributed by atoms with Gasteiger partial charge in [-0.1, -0.05) is 44.2 Å². The molecule has 9 heteroatoms. The molecular formula is C29H40N4O5. The van der Waals surface area contributed by atoms with Gasteiger partial charge in [-0.15, -0.1) is 0 Å². The van der Waals surface area contributed by atoms with Crippen LogP contribution in [0.15, 0.2) is 29.1 Å². The standard InChI is InChI=1S/C29H40N4O5/c1-37-27(35)24-13-10-18-32(24)25-26(34)33(23-12-7-6-11-22(23)30-25)21-14-19-31(20-15-21)29(28(36)38-2)16-8-4-3-5-9-17-29/h6-7,11-12,21,24H,3-5,8-10,13-20H2,1-2H3/t24-/m0/s1. The second-order valence-electron chi connectivity index (χ2n) is 11.0. The van der Waals surface area contributed by atoms with Crippen molar-refractivity contribution >= 4 is 28.8 Å². The molecule has 0 bridgehead atoms. The van der Waals surface area contributed by atoms with Gasteiger partial charge in [0.25, 0.3) is 5.56 Å². The number of hydrogen-bond acceptors (Lipinski definition) is 8. The first-order valence-electron chi connectivity index (χ1n) is 14.2. The van der Waals surface area contributed by atoms with Gasteiger partial charge in [-0.3, -0.25) is 14.5 Å². The highest BCUT2D eigenvalue weighted by Crippen LogP contribution is 2.37. The summed E-state index contributed by atoms with van der Waals surface area (Å²) in [7, 11) is 2.88. The van der Waals surface area contributed by atoms with Crippen molar-refractivity contribution in [3.05, 3.63) is 34.6 Å². The van der Waals surface area contributed by atoms with Crippen LogP contribution >= 0.6 is 0 Å². The molecule has 1 atom stereocenters. The van der Waals surface area contributed by atoms with Crippen LogP contribution in [0.2, 0.25) is 0 Å². The fourth-order valence-corrected chi connectivity index (χ4v) is 6.97. The van der Waals surface area contributed by atoms with Crippen molar-refractivity contribution in [1.29, 1.82) is 0 Å². The van der Waals surface area contributed by atoms with Gasteiger partial charge < -0.3 is 18.9 Å². The van der Waals surface area contributed by atoms with E-state index in [1.165, 1.54) is 20.6 Å². The monoisotopic (exact) mass is 524 g/mol. The predicted molar refractivity (Wildman–Crippen MR) is 145 cm³/mol. The van der Waals surface area contributed by atoms with Crippen molar-refractivity contribution in [2.24, 2.45) is 0 Å². The van der Waals surface area contributed by atoms with Gasteiger partial charge in [0.1, 0.15) is 11.6 Å². The smallest absolute Gasteiger partial charge is 0.328 e. The van der Waals surface area contributed by atoms with Crippen molar-refractivity contribution in [2.45, 2.75) is 88.3 Å². The topological polar surface area (TPSA) is 94.0 Å². The zero-order chi connectivity index (χ0) is 26.7. The molecule has 9 nitrogen and oxygen atoms in total. The number of carbonyl (C=O) groups excluding carboxylic acids is 2. The van der Waals surface area contributed by atoms with E-state index in [1.54, 1.807) is 0 Å². The van der Waals surface area contributed by atoms with Crippen LogP contribution in [0.1, 0.15) is 76.7 Å². The summed E-state index contributed by atoms with van der Waals surface area (Å²) in [5.41, 5.74) is 0.819. The summed E-state index contributed by atoms with van der Waals surface area (Å²) in [5, 5.41) is 0. The van der Waals surface area contributed by atoms with Crippen LogP contribution in [0, 0.1) is 0 Å². The lowest BCUT2D eigenvalue weighted by Crippen LogP contribution is -2.58. The Hall–Kier alpha value is -2.94. The summed E-state index contributed by atoms with van der Waals surface area (Å²) in [6.45, 7) is 2.06. The number of piperidine rings is 1. The highest BCUT2D eigenvalue weighted by atomic mass is 16.5. The van der Waals surface area contributed by atoms with E-state index in [9.17, 15) is 14.4 Å². The summed E-state index contributed by atoms with van der Waals surface area (Å²) in [6.07, 6.45) is 10.2. The molecule has 1 aliphatic carbocycles. The van der Waals surface area contributed by atoms with Gasteiger partial charge in [-0.25, -0.2) is 9.78 Å². The highest BCUT2D eigenvalue weighted by Gasteiger charge is 2.46. The van der Waals surface area contributed by atoms with Gasteiger partial charge in [0.05, 0.1) is 25.3 Å². The molecule has 0 amide bonds. The molecular weight excluding hydrogens is 484 g/mol. The van der Waals surface area contributed by atoms with Crippen LogP contribution in [-0.4, -0.2) is 71.8 Å². The molecule has 3 heterocycles. The number of nitrogens with zero attached hydrogens (tertiary/aromatic N) is 4. The first-order chi connectivity index (χ1) is 18.5. The number of para-hydroxylation sites is 2. The molecule has 0 N–H and O–H groups in total. The molecule has 206 valence electrons. The minimum Gasteiger partial charge on any atom is -0.468 e. The van der Waals surface area contributed by atoms with Gasteiger partial charge in [0, 0.05) is 25.7 Å². The molecule has 1 saturated carbocycles. The summed E-state index contributed by atoms with van der Waals surface area (Å²) in [5.74, 6) is -0.122. The Morgan fingerprint density at radius 1 is 0.895 bits per heavy atom. The number of likely N-dealkylation sites (tertiary alicyclic amines) is 1. The largest absolute Gasteiger partial charge is 0.468 e. The highest BCUT2D eigenvalue weighted by molar-refractivity contribution is 5.82. The summed E-state index contributed by atoms with van der Waals surface area (Å²) >= 11 is 0. The summed E-state index contributed by atoms with van der Waals surface area (Å²) in [6, 6.07) is 7.22. The Labute approximate surface area is 224 Å². The molecule has 3 aliphatic rings. The second-order valence-corrected chi connectivity index (χ2v) is 11.0. The van der Waals surface area contributed by atoms with Crippen molar-refractivity contribution in [3.8, 4) is 0 Å². The van der Waals surface area contributed by atoms with E-state index in [2.05, 4.69) is 4.90 Å². The zero-order valence-electron chi connectivity index (χ0n) is 22.7. The van der Waals surface area contributed by atoms with Crippen LogP contribution in [0.5, 0.6) is 0 Å². The molecule has 2 aliphatic heterocycles. The van der Waals surface area contributed by atoms with Gasteiger partial charge in [-0.2, -0.15) is 0 Å². The molecule has 0 spiro atoms. The van der Waals surface area contributed by atoms with Gasteiger partial charge in [0.2, 0.25) is 0 Å². The number of hydrogen-bond donors (Lipinski definition) is 0. The summed E-state index contributed by atoms with van der Waals surface area (Å²) < 4.78 is 12.3. The quantitative estimate of drug-likeness (QED) is 0.545. The maximum atomic E-state index is 14.0. The van der Waals surface area contributed by atoms with Crippen LogP contribution in [-0.2, 0) is 19.1 Å². The molecule has 5 rings (SSSR count). The maximum Gasteiger partial charge on any atom is 0.328 e. The number of esters is 2. The number of carbonyl (C=O) groups is 2. The van der Waals surface area contributed by atoms with Crippen molar-refractivity contribution < 1.29 is 19.1 Å². The average Bonchev–Trinajstić information content (AvgIpc) is 3.42. The first-order valence-corrected chi connectivity index (χ1v) is 14.2. The Kier molecular flexibility index (Phi) is 8.02. The van der Waals surface area contributed by atoms with E-state index < -0.39 is 11.6 Å². The number of anilines is 1. The van der Waals surface area contributed by atoms with Crippen molar-refractivity contribution in [1.82, 2.24) is 14.5 Å². The van der Waals surface area contributed by atoms with E-state index >= 15 is 0 Å². The van der Waals surface area contributed by atoms with E-state index in [4.69, 9.17) is 14.5 Å². The fraction of sp³-hybridized carbons (Fsp3) is 0.655. The van der Waals surface area contributed by atoms with Crippen molar-refractivity contribution in [2.75, 3.05) is 38.8 Å². The number of ether oxygens (including phenoxy) is 2. The number of methoxy groups -OCH3 is 2. The molecule has 1 aromatic heterocycles. The Morgan fingerprint density at radius 3 is 2.26 bits per heavy atom. The van der Waals surface area contributed by atoms with E-state index in [1.807, 2.05) is 33.7 Å². The van der Waals surface area contributed by atoms with Crippen LogP contribution in [0.25, 0.3) is 11.0 Å². The zero-order valence-corrected chi connectivity index (χ0v) is 22.7. The van der Waals surface area contributed by atoms with E-state index in [-0.39, 0.29) is 23.5 Å². The third kappa shape index (κ3) is 4.81. The Bertz CT molecular complexity index is 1210. The van der Waals surface area contributed by atoms with Crippen LogP contribution in [0.4, 0.5) is 5.82 Å². The molecule has 2 aromatic rings. The molecule has 38 heavy (non-hydrogen) atoms.